The average molecular weight is 389 g/mol. The molecule has 0 radical (unpaired) electrons. The average Bonchev–Trinajstić information content (AvgIpc) is 3.14. The normalized spacial score (nSPS) is 11.3. The van der Waals surface area contributed by atoms with Gasteiger partial charge in [-0.2, -0.15) is 13.2 Å². The van der Waals surface area contributed by atoms with E-state index in [4.69, 9.17) is 4.42 Å². The third-order valence-electron chi connectivity index (χ3n) is 3.99. The van der Waals surface area contributed by atoms with Crippen molar-refractivity contribution in [3.8, 4) is 11.3 Å². The van der Waals surface area contributed by atoms with Crippen molar-refractivity contribution in [2.45, 2.75) is 12.7 Å². The molecule has 28 heavy (non-hydrogen) atoms. The first-order valence-corrected chi connectivity index (χ1v) is 8.42. The molecule has 0 saturated heterocycles. The van der Waals surface area contributed by atoms with Crippen molar-refractivity contribution < 1.29 is 22.4 Å². The highest BCUT2D eigenvalue weighted by atomic mass is 19.4. The number of hydrogen-bond donors (Lipinski definition) is 1. The topological polar surface area (TPSA) is 58.4 Å². The van der Waals surface area contributed by atoms with Crippen LogP contribution in [0, 0.1) is 0 Å². The van der Waals surface area contributed by atoms with E-state index in [1.807, 2.05) is 0 Å². The zero-order valence-electron chi connectivity index (χ0n) is 15.2. The molecule has 0 bridgehead atoms. The molecule has 0 aliphatic rings. The first kappa shape index (κ1) is 19.5. The summed E-state index contributed by atoms with van der Waals surface area (Å²) in [6.45, 7) is 0.269. The van der Waals surface area contributed by atoms with Gasteiger partial charge in [-0.3, -0.25) is 4.79 Å². The zero-order chi connectivity index (χ0) is 20.3. The van der Waals surface area contributed by atoms with Gasteiger partial charge in [0.2, 0.25) is 0 Å². The molecule has 1 N–H and O–H groups in total. The summed E-state index contributed by atoms with van der Waals surface area (Å²) in [7, 11) is 3.32. The summed E-state index contributed by atoms with van der Waals surface area (Å²) in [5.74, 6) is 1.21. The molecule has 8 heteroatoms. The van der Waals surface area contributed by atoms with Crippen molar-refractivity contribution in [1.82, 2.24) is 9.88 Å². The highest BCUT2D eigenvalue weighted by Gasteiger charge is 2.30. The van der Waals surface area contributed by atoms with Gasteiger partial charge in [-0.25, -0.2) is 4.98 Å². The summed E-state index contributed by atoms with van der Waals surface area (Å²) in [4.78, 5) is 17.6. The van der Waals surface area contributed by atoms with Crippen LogP contribution in [0.3, 0.4) is 0 Å². The monoisotopic (exact) mass is 389 g/mol. The van der Waals surface area contributed by atoms with Crippen molar-refractivity contribution in [3.05, 3.63) is 71.6 Å². The Labute approximate surface area is 159 Å². The lowest BCUT2D eigenvalue weighted by atomic mass is 10.1. The molecule has 3 rings (SSSR count). The van der Waals surface area contributed by atoms with E-state index in [-0.39, 0.29) is 12.5 Å². The van der Waals surface area contributed by atoms with Crippen molar-refractivity contribution in [3.63, 3.8) is 0 Å². The number of nitrogens with one attached hydrogen (secondary N) is 1. The Morgan fingerprint density at radius 1 is 1.14 bits per heavy atom. The smallest absolute Gasteiger partial charge is 0.416 e. The number of rotatable bonds is 5. The number of anilines is 1. The molecular weight excluding hydrogens is 371 g/mol. The third-order valence-corrected chi connectivity index (χ3v) is 3.99. The minimum absolute atomic E-state index is 0.143. The maximum absolute atomic E-state index is 12.9. The summed E-state index contributed by atoms with van der Waals surface area (Å²) in [5.41, 5.74) is 0.108. The van der Waals surface area contributed by atoms with Gasteiger partial charge >= 0.3 is 6.18 Å². The summed E-state index contributed by atoms with van der Waals surface area (Å²) < 4.78 is 44.2. The largest absolute Gasteiger partial charge is 0.459 e. The number of carbonyl (C=O) groups is 1. The maximum Gasteiger partial charge on any atom is 0.416 e. The van der Waals surface area contributed by atoms with Crippen LogP contribution in [-0.4, -0.2) is 29.9 Å². The number of pyridine rings is 1. The van der Waals surface area contributed by atoms with Gasteiger partial charge in [0, 0.05) is 31.4 Å². The quantitative estimate of drug-likeness (QED) is 0.689. The summed E-state index contributed by atoms with van der Waals surface area (Å²) in [5, 5.41) is 3.04. The van der Waals surface area contributed by atoms with E-state index in [2.05, 4.69) is 10.3 Å². The molecule has 2 heterocycles. The SMILES string of the molecule is CN(C)C(=O)c1ccnc(NCc2ccc(-c3cccc(C(F)(F)F)c3)o2)c1. The van der Waals surface area contributed by atoms with Crippen LogP contribution in [0.4, 0.5) is 19.0 Å². The van der Waals surface area contributed by atoms with Gasteiger partial charge < -0.3 is 14.6 Å². The molecule has 0 unspecified atom stereocenters. The van der Waals surface area contributed by atoms with Crippen molar-refractivity contribution >= 4 is 11.7 Å². The maximum atomic E-state index is 12.9. The fourth-order valence-corrected chi connectivity index (χ4v) is 2.57. The van der Waals surface area contributed by atoms with E-state index in [0.29, 0.717) is 28.5 Å². The minimum atomic E-state index is -4.41. The molecule has 0 saturated carbocycles. The molecule has 2 aromatic heterocycles. The van der Waals surface area contributed by atoms with Gasteiger partial charge in [0.15, 0.2) is 0 Å². The minimum Gasteiger partial charge on any atom is -0.459 e. The predicted molar refractivity (Wildman–Crippen MR) is 98.7 cm³/mol. The van der Waals surface area contributed by atoms with Gasteiger partial charge in [0.25, 0.3) is 5.91 Å². The molecule has 5 nitrogen and oxygen atoms in total. The Bertz CT molecular complexity index is 981. The number of alkyl halides is 3. The Morgan fingerprint density at radius 3 is 2.64 bits per heavy atom. The lowest BCUT2D eigenvalue weighted by Crippen LogP contribution is -2.21. The molecule has 0 atom stereocenters. The highest BCUT2D eigenvalue weighted by molar-refractivity contribution is 5.94. The summed E-state index contributed by atoms with van der Waals surface area (Å²) in [6.07, 6.45) is -2.89. The second kappa shape index (κ2) is 7.75. The van der Waals surface area contributed by atoms with Gasteiger partial charge in [-0.15, -0.1) is 0 Å². The van der Waals surface area contributed by atoms with Crippen LogP contribution in [0.1, 0.15) is 21.7 Å². The molecular formula is C20H18F3N3O2. The van der Waals surface area contributed by atoms with Crippen molar-refractivity contribution in [2.24, 2.45) is 0 Å². The number of halogens is 3. The van der Waals surface area contributed by atoms with Crippen LogP contribution in [0.2, 0.25) is 0 Å². The van der Waals surface area contributed by atoms with Crippen LogP contribution < -0.4 is 5.32 Å². The van der Waals surface area contributed by atoms with Crippen LogP contribution >= 0.6 is 0 Å². The van der Waals surface area contributed by atoms with Gasteiger partial charge in [0.05, 0.1) is 12.1 Å². The molecule has 3 aromatic rings. The number of nitrogens with zero attached hydrogens (tertiary/aromatic N) is 2. The van der Waals surface area contributed by atoms with Crippen molar-refractivity contribution in [2.75, 3.05) is 19.4 Å². The molecule has 0 fully saturated rings. The highest BCUT2D eigenvalue weighted by Crippen LogP contribution is 2.32. The van der Waals surface area contributed by atoms with Crippen LogP contribution in [0.25, 0.3) is 11.3 Å². The summed E-state index contributed by atoms with van der Waals surface area (Å²) in [6, 6.07) is 11.5. The summed E-state index contributed by atoms with van der Waals surface area (Å²) >= 11 is 0. The molecule has 0 aliphatic carbocycles. The number of benzene rings is 1. The van der Waals surface area contributed by atoms with Crippen LogP contribution in [-0.2, 0) is 12.7 Å². The Balaban J connectivity index is 1.71. The lowest BCUT2D eigenvalue weighted by Gasteiger charge is -2.11. The molecule has 1 aromatic carbocycles. The van der Waals surface area contributed by atoms with E-state index in [1.165, 1.54) is 17.2 Å². The number of hydrogen-bond acceptors (Lipinski definition) is 4. The first-order chi connectivity index (χ1) is 13.2. The Kier molecular flexibility index (Phi) is 5.39. The third kappa shape index (κ3) is 4.51. The number of aromatic nitrogens is 1. The fourth-order valence-electron chi connectivity index (χ4n) is 2.57. The number of furan rings is 1. The van der Waals surface area contributed by atoms with Gasteiger partial charge in [0.1, 0.15) is 17.3 Å². The molecule has 1 amide bonds. The van der Waals surface area contributed by atoms with Gasteiger partial charge in [-0.1, -0.05) is 12.1 Å². The van der Waals surface area contributed by atoms with E-state index >= 15 is 0 Å². The second-order valence-electron chi connectivity index (χ2n) is 6.33. The van der Waals surface area contributed by atoms with E-state index in [9.17, 15) is 18.0 Å². The zero-order valence-corrected chi connectivity index (χ0v) is 15.2. The predicted octanol–water partition coefficient (Wildman–Crippen LogP) is 4.67. The Hall–Kier alpha value is -3.29. The van der Waals surface area contributed by atoms with E-state index in [0.717, 1.165) is 12.1 Å². The molecule has 0 aliphatic heterocycles. The second-order valence-corrected chi connectivity index (χ2v) is 6.33. The molecule has 146 valence electrons. The fraction of sp³-hybridized carbons (Fsp3) is 0.200. The van der Waals surface area contributed by atoms with E-state index < -0.39 is 11.7 Å². The lowest BCUT2D eigenvalue weighted by molar-refractivity contribution is -0.137. The van der Waals surface area contributed by atoms with Crippen molar-refractivity contribution in [1.29, 1.82) is 0 Å². The molecule has 0 spiro atoms. The van der Waals surface area contributed by atoms with E-state index in [1.54, 1.807) is 44.4 Å². The van der Waals surface area contributed by atoms with Crippen LogP contribution in [0.15, 0.2) is 59.1 Å². The Morgan fingerprint density at radius 2 is 1.93 bits per heavy atom. The number of carbonyl (C=O) groups excluding carboxylic acids is 1. The standard InChI is InChI=1S/C20H18F3N3O2/c1-26(2)19(27)14-8-9-24-18(11-14)25-12-16-6-7-17(28-16)13-4-3-5-15(10-13)20(21,22)23/h3-11H,12H2,1-2H3,(H,24,25). The van der Waals surface area contributed by atoms with Gasteiger partial charge in [-0.05, 0) is 36.4 Å². The number of amides is 1. The van der Waals surface area contributed by atoms with Crippen LogP contribution in [0.5, 0.6) is 0 Å². The first-order valence-electron chi connectivity index (χ1n) is 8.42.